The van der Waals surface area contributed by atoms with Crippen LogP contribution >= 0.6 is 11.6 Å². The number of anilines is 1. The molecule has 2 aromatic carbocycles. The molecule has 0 saturated heterocycles. The Morgan fingerprint density at radius 2 is 1.58 bits per heavy atom. The summed E-state index contributed by atoms with van der Waals surface area (Å²) in [5.74, 6) is -2.48. The molecule has 0 radical (unpaired) electrons. The van der Waals surface area contributed by atoms with Gasteiger partial charge in [-0.3, -0.25) is 0 Å². The van der Waals surface area contributed by atoms with Gasteiger partial charge in [0.15, 0.2) is 0 Å². The van der Waals surface area contributed by atoms with Crippen LogP contribution in [0.5, 0.6) is 0 Å². The summed E-state index contributed by atoms with van der Waals surface area (Å²) in [4.78, 5) is 0. The Hall–Kier alpha value is -1.61. The van der Waals surface area contributed by atoms with Crippen molar-refractivity contribution in [1.82, 2.24) is 0 Å². The van der Waals surface area contributed by atoms with Gasteiger partial charge in [-0.05, 0) is 17.7 Å². The second-order valence-corrected chi connectivity index (χ2v) is 4.52. The zero-order chi connectivity index (χ0) is 13.7. The van der Waals surface area contributed by atoms with Crippen LogP contribution in [0.3, 0.4) is 0 Å². The van der Waals surface area contributed by atoms with Crippen molar-refractivity contribution in [2.45, 2.75) is 11.8 Å². The predicted molar refractivity (Wildman–Crippen MR) is 74.8 cm³/mol. The van der Waals surface area contributed by atoms with Crippen LogP contribution in [-0.4, -0.2) is 6.54 Å². The molecular weight excluding hydrogens is 268 g/mol. The van der Waals surface area contributed by atoms with E-state index in [1.54, 1.807) is 30.3 Å². The van der Waals surface area contributed by atoms with Crippen LogP contribution in [0.1, 0.15) is 11.1 Å². The lowest BCUT2D eigenvalue weighted by molar-refractivity contribution is 0.0106. The SMILES string of the molecule is FC(F)(CNc1ccc(CCl)cc1)c1ccccc1. The van der Waals surface area contributed by atoms with Crippen molar-refractivity contribution in [2.75, 3.05) is 11.9 Å². The van der Waals surface area contributed by atoms with E-state index in [0.717, 1.165) is 5.56 Å². The third-order valence-corrected chi connectivity index (χ3v) is 3.13. The smallest absolute Gasteiger partial charge is 0.290 e. The molecule has 0 amide bonds. The summed E-state index contributed by atoms with van der Waals surface area (Å²) < 4.78 is 27.8. The van der Waals surface area contributed by atoms with Crippen molar-refractivity contribution < 1.29 is 8.78 Å². The van der Waals surface area contributed by atoms with Crippen molar-refractivity contribution in [1.29, 1.82) is 0 Å². The fraction of sp³-hybridized carbons (Fsp3) is 0.200. The molecule has 0 saturated carbocycles. The minimum atomic E-state index is -2.90. The van der Waals surface area contributed by atoms with Crippen LogP contribution < -0.4 is 5.32 Å². The highest BCUT2D eigenvalue weighted by atomic mass is 35.5. The van der Waals surface area contributed by atoms with Crippen LogP contribution in [0.25, 0.3) is 0 Å². The number of hydrogen-bond donors (Lipinski definition) is 1. The van der Waals surface area contributed by atoms with Crippen LogP contribution in [0, 0.1) is 0 Å². The number of alkyl halides is 3. The molecule has 2 aromatic rings. The van der Waals surface area contributed by atoms with Crippen LogP contribution in [-0.2, 0) is 11.8 Å². The highest BCUT2D eigenvalue weighted by Gasteiger charge is 2.30. The van der Waals surface area contributed by atoms with Crippen LogP contribution in [0.15, 0.2) is 54.6 Å². The van der Waals surface area contributed by atoms with Gasteiger partial charge in [-0.1, -0.05) is 42.5 Å². The number of nitrogens with one attached hydrogen (secondary N) is 1. The maximum absolute atomic E-state index is 13.9. The lowest BCUT2D eigenvalue weighted by Gasteiger charge is -2.18. The van der Waals surface area contributed by atoms with Crippen LogP contribution in [0.2, 0.25) is 0 Å². The van der Waals surface area contributed by atoms with Gasteiger partial charge in [0.05, 0.1) is 6.54 Å². The lowest BCUT2D eigenvalue weighted by Crippen LogP contribution is -2.24. The molecule has 0 fully saturated rings. The molecular formula is C15H14ClF2N. The second kappa shape index (κ2) is 6.02. The van der Waals surface area contributed by atoms with Crippen molar-refractivity contribution in [2.24, 2.45) is 0 Å². The molecule has 100 valence electrons. The molecule has 0 aliphatic heterocycles. The standard InChI is InChI=1S/C15H14ClF2N/c16-10-12-6-8-14(9-7-12)19-11-15(17,18)13-4-2-1-3-5-13/h1-9,19H,10-11H2. The van der Waals surface area contributed by atoms with Crippen molar-refractivity contribution >= 4 is 17.3 Å². The Kier molecular flexibility index (Phi) is 4.38. The van der Waals surface area contributed by atoms with Gasteiger partial charge in [0.1, 0.15) is 0 Å². The fourth-order valence-corrected chi connectivity index (χ4v) is 1.89. The van der Waals surface area contributed by atoms with Gasteiger partial charge in [-0.15, -0.1) is 11.6 Å². The van der Waals surface area contributed by atoms with E-state index in [-0.39, 0.29) is 5.56 Å². The van der Waals surface area contributed by atoms with E-state index in [0.29, 0.717) is 11.6 Å². The quantitative estimate of drug-likeness (QED) is 0.788. The van der Waals surface area contributed by atoms with E-state index in [4.69, 9.17) is 11.6 Å². The Morgan fingerprint density at radius 3 is 2.16 bits per heavy atom. The normalized spacial score (nSPS) is 11.3. The summed E-state index contributed by atoms with van der Waals surface area (Å²) >= 11 is 5.67. The van der Waals surface area contributed by atoms with E-state index < -0.39 is 12.5 Å². The first-order valence-electron chi connectivity index (χ1n) is 5.94. The summed E-state index contributed by atoms with van der Waals surface area (Å²) in [6.45, 7) is -0.433. The number of hydrogen-bond acceptors (Lipinski definition) is 1. The third-order valence-electron chi connectivity index (χ3n) is 2.82. The average molecular weight is 282 g/mol. The molecule has 1 N–H and O–H groups in total. The predicted octanol–water partition coefficient (Wildman–Crippen LogP) is 4.63. The summed E-state index contributed by atoms with van der Waals surface area (Å²) in [5, 5.41) is 2.74. The molecule has 0 aliphatic rings. The van der Waals surface area contributed by atoms with Gasteiger partial charge >= 0.3 is 0 Å². The second-order valence-electron chi connectivity index (χ2n) is 4.25. The van der Waals surface area contributed by atoms with Gasteiger partial charge in [-0.2, -0.15) is 8.78 Å². The Labute approximate surface area is 116 Å². The fourth-order valence-electron chi connectivity index (χ4n) is 1.71. The van der Waals surface area contributed by atoms with Crippen molar-refractivity contribution in [3.05, 3.63) is 65.7 Å². The third kappa shape index (κ3) is 3.67. The van der Waals surface area contributed by atoms with Crippen molar-refractivity contribution in [3.8, 4) is 0 Å². The van der Waals surface area contributed by atoms with Gasteiger partial charge < -0.3 is 5.32 Å². The molecule has 0 unspecified atom stereocenters. The van der Waals surface area contributed by atoms with Gasteiger partial charge in [-0.25, -0.2) is 0 Å². The summed E-state index contributed by atoms with van der Waals surface area (Å²) in [6, 6.07) is 14.9. The number of rotatable bonds is 5. The van der Waals surface area contributed by atoms with Gasteiger partial charge in [0.2, 0.25) is 0 Å². The Bertz CT molecular complexity index is 511. The Morgan fingerprint density at radius 1 is 0.947 bits per heavy atom. The highest BCUT2D eigenvalue weighted by Crippen LogP contribution is 2.28. The van der Waals surface area contributed by atoms with Gasteiger partial charge in [0, 0.05) is 17.1 Å². The molecule has 19 heavy (non-hydrogen) atoms. The molecule has 2 rings (SSSR count). The van der Waals surface area contributed by atoms with Crippen molar-refractivity contribution in [3.63, 3.8) is 0 Å². The minimum Gasteiger partial charge on any atom is -0.379 e. The Balaban J connectivity index is 2.01. The highest BCUT2D eigenvalue weighted by molar-refractivity contribution is 6.17. The first kappa shape index (κ1) is 13.8. The lowest BCUT2D eigenvalue weighted by atomic mass is 10.1. The van der Waals surface area contributed by atoms with Gasteiger partial charge in [0.25, 0.3) is 5.92 Å². The number of halogens is 3. The molecule has 0 atom stereocenters. The topological polar surface area (TPSA) is 12.0 Å². The number of benzene rings is 2. The van der Waals surface area contributed by atoms with E-state index in [1.807, 2.05) is 12.1 Å². The molecule has 0 bridgehead atoms. The first-order valence-corrected chi connectivity index (χ1v) is 6.47. The molecule has 0 heterocycles. The molecule has 0 aromatic heterocycles. The zero-order valence-corrected chi connectivity index (χ0v) is 11.0. The molecule has 0 aliphatic carbocycles. The van der Waals surface area contributed by atoms with E-state index in [2.05, 4.69) is 5.32 Å². The van der Waals surface area contributed by atoms with Crippen LogP contribution in [0.4, 0.5) is 14.5 Å². The molecule has 0 spiro atoms. The minimum absolute atomic E-state index is 0.0138. The van der Waals surface area contributed by atoms with E-state index >= 15 is 0 Å². The molecule has 1 nitrogen and oxygen atoms in total. The average Bonchev–Trinajstić information content (AvgIpc) is 2.47. The first-order chi connectivity index (χ1) is 9.12. The van der Waals surface area contributed by atoms with E-state index in [9.17, 15) is 8.78 Å². The largest absolute Gasteiger partial charge is 0.379 e. The van der Waals surface area contributed by atoms with E-state index in [1.165, 1.54) is 12.1 Å². The summed E-state index contributed by atoms with van der Waals surface area (Å²) in [5.41, 5.74) is 1.63. The summed E-state index contributed by atoms with van der Waals surface area (Å²) in [7, 11) is 0. The molecule has 4 heteroatoms. The monoisotopic (exact) mass is 281 g/mol. The zero-order valence-electron chi connectivity index (χ0n) is 10.2. The maximum atomic E-state index is 13.9. The summed E-state index contributed by atoms with van der Waals surface area (Å²) in [6.07, 6.45) is 0. The maximum Gasteiger partial charge on any atom is 0.290 e.